The van der Waals surface area contributed by atoms with Gasteiger partial charge in [0.25, 0.3) is 5.56 Å². The summed E-state index contributed by atoms with van der Waals surface area (Å²) in [5.74, 6) is -0.450. The molecule has 2 aromatic heterocycles. The highest BCUT2D eigenvalue weighted by atomic mass is 16.2. The summed E-state index contributed by atoms with van der Waals surface area (Å²) in [5, 5.41) is 12.6. The lowest BCUT2D eigenvalue weighted by atomic mass is 10.1. The Labute approximate surface area is 200 Å². The number of aryl methyl sites for hydroxylation is 1. The molecular formula is C27H23N5O3. The Bertz CT molecular complexity index is 1670. The fourth-order valence-corrected chi connectivity index (χ4v) is 4.13. The molecule has 0 spiro atoms. The van der Waals surface area contributed by atoms with Crippen LogP contribution in [0, 0.1) is 0 Å². The van der Waals surface area contributed by atoms with Gasteiger partial charge in [-0.15, -0.1) is 0 Å². The molecule has 0 saturated heterocycles. The predicted octanol–water partition coefficient (Wildman–Crippen LogP) is 4.47. The first-order valence-electron chi connectivity index (χ1n) is 11.1. The van der Waals surface area contributed by atoms with E-state index in [2.05, 4.69) is 15.7 Å². The molecule has 0 aliphatic heterocycles. The zero-order valence-corrected chi connectivity index (χ0v) is 19.3. The number of nitrogens with one attached hydrogen (secondary N) is 2. The van der Waals surface area contributed by atoms with Gasteiger partial charge >= 0.3 is 0 Å². The van der Waals surface area contributed by atoms with Gasteiger partial charge in [-0.1, -0.05) is 24.3 Å². The van der Waals surface area contributed by atoms with Crippen LogP contribution >= 0.6 is 0 Å². The minimum Gasteiger partial charge on any atom is -0.355 e. The van der Waals surface area contributed by atoms with E-state index in [9.17, 15) is 14.4 Å². The van der Waals surface area contributed by atoms with Gasteiger partial charge in [0, 0.05) is 35.6 Å². The quantitative estimate of drug-likeness (QED) is 0.361. The molecule has 0 unspecified atom stereocenters. The van der Waals surface area contributed by atoms with Crippen molar-refractivity contribution in [2.75, 3.05) is 10.6 Å². The number of amides is 1. The van der Waals surface area contributed by atoms with E-state index in [4.69, 9.17) is 0 Å². The second-order valence-electron chi connectivity index (χ2n) is 8.37. The molecule has 0 aliphatic carbocycles. The third-order valence-electron chi connectivity index (χ3n) is 5.90. The van der Waals surface area contributed by atoms with E-state index in [1.165, 1.54) is 11.5 Å². The second-order valence-corrected chi connectivity index (χ2v) is 8.37. The van der Waals surface area contributed by atoms with Crippen molar-refractivity contribution in [1.82, 2.24) is 14.3 Å². The minimum atomic E-state index is -0.361. The van der Waals surface area contributed by atoms with Crippen molar-refractivity contribution in [1.29, 1.82) is 0 Å². The number of anilines is 3. The molecule has 8 heteroatoms. The SMILES string of the molecule is CC(=O)c1cccc(NC(=O)Cn2ccc3cccc(Nc4ccc5c(cnn5C)c4)c3c2=O)c1. The number of pyridine rings is 1. The van der Waals surface area contributed by atoms with Crippen molar-refractivity contribution in [2.45, 2.75) is 13.5 Å². The van der Waals surface area contributed by atoms with Crippen molar-refractivity contribution in [3.63, 3.8) is 0 Å². The highest BCUT2D eigenvalue weighted by Crippen LogP contribution is 2.26. The van der Waals surface area contributed by atoms with Gasteiger partial charge in [-0.05, 0) is 54.8 Å². The first kappa shape index (κ1) is 22.1. The van der Waals surface area contributed by atoms with Gasteiger partial charge < -0.3 is 15.2 Å². The normalized spacial score (nSPS) is 11.0. The van der Waals surface area contributed by atoms with E-state index in [0.29, 0.717) is 22.3 Å². The molecule has 174 valence electrons. The fraction of sp³-hybridized carbons (Fsp3) is 0.111. The number of Topliss-reactive ketones (excluding diaryl/α,β-unsaturated/α-hetero) is 1. The predicted molar refractivity (Wildman–Crippen MR) is 137 cm³/mol. The van der Waals surface area contributed by atoms with Gasteiger partial charge in [0.1, 0.15) is 6.54 Å². The topological polar surface area (TPSA) is 98.0 Å². The molecule has 0 fully saturated rings. The number of hydrogen-bond acceptors (Lipinski definition) is 5. The standard InChI is InChI=1S/C27H23N5O3/c1-17(33)19-6-3-7-21(13-19)30-25(34)16-32-12-11-18-5-4-8-23(26(18)27(32)35)29-22-9-10-24-20(14-22)15-28-31(24)2/h3-15,29H,16H2,1-2H3,(H,30,34). The summed E-state index contributed by atoms with van der Waals surface area (Å²) in [6, 6.07) is 20.0. The summed E-state index contributed by atoms with van der Waals surface area (Å²) < 4.78 is 3.18. The molecule has 0 saturated carbocycles. The Morgan fingerprint density at radius 3 is 2.60 bits per heavy atom. The molecule has 0 aliphatic rings. The molecule has 2 heterocycles. The lowest BCUT2D eigenvalue weighted by Gasteiger charge is -2.13. The van der Waals surface area contributed by atoms with Crippen LogP contribution in [0.3, 0.4) is 0 Å². The Morgan fingerprint density at radius 1 is 0.943 bits per heavy atom. The zero-order valence-electron chi connectivity index (χ0n) is 19.3. The maximum atomic E-state index is 13.4. The summed E-state index contributed by atoms with van der Waals surface area (Å²) >= 11 is 0. The molecular weight excluding hydrogens is 442 g/mol. The Kier molecular flexibility index (Phi) is 5.62. The molecule has 35 heavy (non-hydrogen) atoms. The number of rotatable bonds is 6. The van der Waals surface area contributed by atoms with Crippen molar-refractivity contribution in [3.05, 3.63) is 95.0 Å². The fourth-order valence-electron chi connectivity index (χ4n) is 4.13. The van der Waals surface area contributed by atoms with Crippen LogP contribution in [0.2, 0.25) is 0 Å². The van der Waals surface area contributed by atoms with Crippen LogP contribution in [0.4, 0.5) is 17.1 Å². The smallest absolute Gasteiger partial charge is 0.261 e. The number of nitrogens with zero attached hydrogens (tertiary/aromatic N) is 3. The first-order chi connectivity index (χ1) is 16.9. The molecule has 1 amide bonds. The number of benzene rings is 3. The largest absolute Gasteiger partial charge is 0.355 e. The zero-order chi connectivity index (χ0) is 24.5. The average molecular weight is 466 g/mol. The van der Waals surface area contributed by atoms with Gasteiger partial charge in [-0.25, -0.2) is 0 Å². The summed E-state index contributed by atoms with van der Waals surface area (Å²) in [6.07, 6.45) is 3.41. The van der Waals surface area contributed by atoms with E-state index in [1.54, 1.807) is 41.3 Å². The number of hydrogen-bond donors (Lipinski definition) is 2. The van der Waals surface area contributed by atoms with Crippen LogP contribution in [0.25, 0.3) is 21.7 Å². The number of ketones is 1. The monoisotopic (exact) mass is 465 g/mol. The molecule has 0 bridgehead atoms. The Balaban J connectivity index is 1.43. The first-order valence-corrected chi connectivity index (χ1v) is 11.1. The van der Waals surface area contributed by atoms with E-state index in [0.717, 1.165) is 22.0 Å². The van der Waals surface area contributed by atoms with Gasteiger partial charge in [0.2, 0.25) is 5.91 Å². The average Bonchev–Trinajstić information content (AvgIpc) is 3.21. The van der Waals surface area contributed by atoms with Crippen LogP contribution in [-0.4, -0.2) is 26.0 Å². The minimum absolute atomic E-state index is 0.0884. The summed E-state index contributed by atoms with van der Waals surface area (Å²) in [7, 11) is 1.89. The number of carbonyl (C=O) groups excluding carboxylic acids is 2. The number of carbonyl (C=O) groups is 2. The maximum absolute atomic E-state index is 13.4. The molecule has 2 N–H and O–H groups in total. The lowest BCUT2D eigenvalue weighted by Crippen LogP contribution is -2.27. The molecule has 8 nitrogen and oxygen atoms in total. The van der Waals surface area contributed by atoms with Crippen molar-refractivity contribution in [3.8, 4) is 0 Å². The van der Waals surface area contributed by atoms with E-state index in [1.807, 2.05) is 49.5 Å². The summed E-state index contributed by atoms with van der Waals surface area (Å²) in [6.45, 7) is 1.31. The third kappa shape index (κ3) is 4.41. The van der Waals surface area contributed by atoms with Crippen molar-refractivity contribution >= 4 is 50.4 Å². The highest BCUT2D eigenvalue weighted by Gasteiger charge is 2.12. The van der Waals surface area contributed by atoms with Crippen LogP contribution in [0.5, 0.6) is 0 Å². The highest BCUT2D eigenvalue weighted by molar-refractivity contribution is 5.98. The molecule has 3 aromatic carbocycles. The number of fused-ring (bicyclic) bond motifs is 2. The van der Waals surface area contributed by atoms with E-state index >= 15 is 0 Å². The van der Waals surface area contributed by atoms with Crippen molar-refractivity contribution in [2.24, 2.45) is 7.05 Å². The third-order valence-corrected chi connectivity index (χ3v) is 5.90. The Morgan fingerprint density at radius 2 is 1.77 bits per heavy atom. The van der Waals surface area contributed by atoms with Crippen LogP contribution in [0.1, 0.15) is 17.3 Å². The van der Waals surface area contributed by atoms with Gasteiger partial charge in [-0.3, -0.25) is 19.1 Å². The molecule has 5 aromatic rings. The molecule has 5 rings (SSSR count). The summed E-state index contributed by atoms with van der Waals surface area (Å²) in [5.41, 5.74) is 3.22. The maximum Gasteiger partial charge on any atom is 0.261 e. The second kappa shape index (κ2) is 8.90. The Hall–Kier alpha value is -4.72. The van der Waals surface area contributed by atoms with Crippen LogP contribution < -0.4 is 16.2 Å². The number of aromatic nitrogens is 3. The van der Waals surface area contributed by atoms with Crippen molar-refractivity contribution < 1.29 is 9.59 Å². The molecule has 0 atom stereocenters. The molecule has 0 radical (unpaired) electrons. The summed E-state index contributed by atoms with van der Waals surface area (Å²) in [4.78, 5) is 37.6. The lowest BCUT2D eigenvalue weighted by molar-refractivity contribution is -0.116. The van der Waals surface area contributed by atoms with E-state index < -0.39 is 0 Å². The van der Waals surface area contributed by atoms with Gasteiger partial charge in [0.15, 0.2) is 5.78 Å². The van der Waals surface area contributed by atoms with E-state index in [-0.39, 0.29) is 23.8 Å². The van der Waals surface area contributed by atoms with Gasteiger partial charge in [-0.2, -0.15) is 5.10 Å². The van der Waals surface area contributed by atoms with Crippen LogP contribution in [0.15, 0.2) is 83.9 Å². The van der Waals surface area contributed by atoms with Gasteiger partial charge in [0.05, 0.1) is 22.8 Å². The van der Waals surface area contributed by atoms with Crippen LogP contribution in [-0.2, 0) is 18.4 Å².